The van der Waals surface area contributed by atoms with Gasteiger partial charge in [-0.05, 0) is 79.7 Å². The minimum atomic E-state index is -1.04. The molecule has 0 amide bonds. The summed E-state index contributed by atoms with van der Waals surface area (Å²) in [5, 5.41) is 9.06. The van der Waals surface area contributed by atoms with Gasteiger partial charge in [0.05, 0.1) is 79.5 Å². The van der Waals surface area contributed by atoms with Gasteiger partial charge < -0.3 is 0 Å². The normalized spacial score (nSPS) is 11.4. The number of hydrogen-bond acceptors (Lipinski definition) is 0. The van der Waals surface area contributed by atoms with E-state index in [0.717, 1.165) is 0 Å². The van der Waals surface area contributed by atoms with Crippen molar-refractivity contribution in [3.8, 4) is 0 Å². The first-order valence-electron chi connectivity index (χ1n) is 15.7. The van der Waals surface area contributed by atoms with Crippen LogP contribution in [0.3, 0.4) is 0 Å². The van der Waals surface area contributed by atoms with Gasteiger partial charge in [0, 0.05) is 0 Å². The van der Waals surface area contributed by atoms with Crippen LogP contribution in [0.2, 0.25) is 0 Å². The Balaban J connectivity index is 0.00000204. The van der Waals surface area contributed by atoms with E-state index in [4.69, 9.17) is 0 Å². The summed E-state index contributed by atoms with van der Waals surface area (Å²) in [6.07, 6.45) is 3.61. The molecule has 5 heteroatoms. The summed E-state index contributed by atoms with van der Waals surface area (Å²) in [5.41, 5.74) is 0.125. The Morgan fingerprint density at radius 2 is 0.500 bits per heavy atom. The SMILES string of the molecule is CC(C[PH+](c1ccccc1)c1ccccc1)(C[PH+](c1ccccc1)c1ccccc1)C[PH+](c1ccccc1)c1ccccc1.[Cu][Br]. The van der Waals surface area contributed by atoms with Gasteiger partial charge in [-0.3, -0.25) is 0 Å². The molecule has 0 radical (unpaired) electrons. The van der Waals surface area contributed by atoms with Gasteiger partial charge in [-0.2, -0.15) is 0 Å². The summed E-state index contributed by atoms with van der Waals surface area (Å²) in [7, 11) is -3.12. The molecule has 0 aliphatic carbocycles. The molecule has 0 bridgehead atoms. The Labute approximate surface area is 294 Å². The van der Waals surface area contributed by atoms with Crippen molar-refractivity contribution < 1.29 is 14.2 Å². The van der Waals surface area contributed by atoms with Crippen LogP contribution in [0.5, 0.6) is 0 Å². The van der Waals surface area contributed by atoms with Gasteiger partial charge >= 0.3 is 28.3 Å². The molecule has 0 saturated heterocycles. The van der Waals surface area contributed by atoms with E-state index in [0.29, 0.717) is 0 Å². The first-order chi connectivity index (χ1) is 22.7. The van der Waals surface area contributed by atoms with E-state index in [1.54, 1.807) is 0 Å². The van der Waals surface area contributed by atoms with Crippen LogP contribution >= 0.6 is 37.9 Å². The fraction of sp³-hybridized carbons (Fsp3) is 0.122. The molecule has 0 aromatic heterocycles. The Hall–Kier alpha value is -2.39. The average Bonchev–Trinajstić information content (AvgIpc) is 3.15. The molecule has 0 nitrogen and oxygen atoms in total. The Morgan fingerprint density at radius 1 is 0.348 bits per heavy atom. The summed E-state index contributed by atoms with van der Waals surface area (Å²) in [4.78, 5) is 0. The number of halogens is 1. The Kier molecular flexibility index (Phi) is 13.8. The third kappa shape index (κ3) is 9.59. The van der Waals surface area contributed by atoms with Crippen LogP contribution in [0.25, 0.3) is 0 Å². The third-order valence-corrected chi connectivity index (χ3v) is 18.3. The number of rotatable bonds is 12. The second kappa shape index (κ2) is 18.2. The molecule has 0 N–H and O–H groups in total. The van der Waals surface area contributed by atoms with Crippen molar-refractivity contribution in [1.29, 1.82) is 0 Å². The molecule has 0 aliphatic rings. The van der Waals surface area contributed by atoms with Gasteiger partial charge in [0.15, 0.2) is 0 Å². The quantitative estimate of drug-likeness (QED) is 0.0867. The third-order valence-electron chi connectivity index (χ3n) is 8.54. The maximum atomic E-state index is 4.00. The summed E-state index contributed by atoms with van der Waals surface area (Å²) >= 11 is 6.50. The van der Waals surface area contributed by atoms with E-state index in [2.05, 4.69) is 217 Å². The molecule has 6 aromatic carbocycles. The van der Waals surface area contributed by atoms with E-state index in [9.17, 15) is 0 Å². The molecule has 0 spiro atoms. The molecular formula is C41H42BrCuP3+3. The second-order valence-electron chi connectivity index (χ2n) is 12.0. The first-order valence-corrected chi connectivity index (χ1v) is 23.1. The molecule has 0 heterocycles. The van der Waals surface area contributed by atoms with Crippen LogP contribution in [0.15, 0.2) is 182 Å². The molecule has 0 saturated carbocycles. The Bertz CT molecular complexity index is 1370. The molecule has 0 atom stereocenters. The zero-order chi connectivity index (χ0) is 32.0. The molecule has 6 aromatic rings. The van der Waals surface area contributed by atoms with E-state index < -0.39 is 23.8 Å². The van der Waals surface area contributed by atoms with Crippen molar-refractivity contribution in [2.75, 3.05) is 18.5 Å². The molecule has 0 fully saturated rings. The van der Waals surface area contributed by atoms with E-state index in [1.165, 1.54) is 50.3 Å². The zero-order valence-corrected chi connectivity index (χ0v) is 31.6. The summed E-state index contributed by atoms with van der Waals surface area (Å²) in [6.45, 7) is 2.64. The summed E-state index contributed by atoms with van der Waals surface area (Å²) in [6, 6.07) is 68.2. The van der Waals surface area contributed by atoms with Crippen LogP contribution < -0.4 is 31.8 Å². The van der Waals surface area contributed by atoms with Crippen molar-refractivity contribution in [1.82, 2.24) is 0 Å². The zero-order valence-electron chi connectivity index (χ0n) is 26.1. The molecule has 0 unspecified atom stereocenters. The van der Waals surface area contributed by atoms with E-state index >= 15 is 0 Å². The van der Waals surface area contributed by atoms with Crippen molar-refractivity contribution >= 4 is 69.7 Å². The van der Waals surface area contributed by atoms with Gasteiger partial charge in [0.1, 0.15) is 0 Å². The van der Waals surface area contributed by atoms with Gasteiger partial charge in [0.2, 0.25) is 0 Å². The summed E-state index contributed by atoms with van der Waals surface area (Å²) < 4.78 is 0. The van der Waals surface area contributed by atoms with Gasteiger partial charge in [-0.25, -0.2) is 0 Å². The average molecular weight is 771 g/mol. The fourth-order valence-electron chi connectivity index (χ4n) is 6.42. The van der Waals surface area contributed by atoms with Gasteiger partial charge in [0.25, 0.3) is 0 Å². The van der Waals surface area contributed by atoms with Crippen molar-refractivity contribution in [2.45, 2.75) is 6.92 Å². The minimum absolute atomic E-state index is 0.125. The van der Waals surface area contributed by atoms with Gasteiger partial charge in [-0.15, -0.1) is 0 Å². The van der Waals surface area contributed by atoms with E-state index in [-0.39, 0.29) is 5.41 Å². The molecule has 236 valence electrons. The fourth-order valence-corrected chi connectivity index (χ4v) is 16.3. The predicted molar refractivity (Wildman–Crippen MR) is 213 cm³/mol. The van der Waals surface area contributed by atoms with Crippen LogP contribution in [-0.2, 0) is 14.2 Å². The molecule has 0 aliphatic heterocycles. The summed E-state index contributed by atoms with van der Waals surface area (Å²) in [5.74, 6) is 0. The van der Waals surface area contributed by atoms with Crippen LogP contribution in [0.1, 0.15) is 6.92 Å². The van der Waals surface area contributed by atoms with Crippen molar-refractivity contribution in [3.05, 3.63) is 182 Å². The monoisotopic (exact) mass is 769 g/mol. The van der Waals surface area contributed by atoms with Crippen LogP contribution in [-0.4, -0.2) is 18.5 Å². The van der Waals surface area contributed by atoms with Crippen molar-refractivity contribution in [3.63, 3.8) is 0 Å². The van der Waals surface area contributed by atoms with Gasteiger partial charge in [-0.1, -0.05) is 109 Å². The molecule has 46 heavy (non-hydrogen) atoms. The number of hydrogen-bond donors (Lipinski definition) is 0. The molecular weight excluding hydrogens is 729 g/mol. The first kappa shape index (κ1) is 34.9. The van der Waals surface area contributed by atoms with E-state index in [1.807, 2.05) is 0 Å². The molecule has 6 rings (SSSR count). The maximum absolute atomic E-state index is 4.00. The predicted octanol–water partition coefficient (Wildman–Crippen LogP) is 8.43. The van der Waals surface area contributed by atoms with Crippen molar-refractivity contribution in [2.24, 2.45) is 5.41 Å². The van der Waals surface area contributed by atoms with Crippen LogP contribution in [0, 0.1) is 5.41 Å². The second-order valence-corrected chi connectivity index (χ2v) is 19.4. The van der Waals surface area contributed by atoms with Crippen LogP contribution in [0.4, 0.5) is 0 Å². The standard InChI is InChI=1S/C41H39P3.BrH.Cu/c1-41(32-42(35-20-8-2-9-21-35)36-22-10-3-11-23-36,33-43(37-24-12-4-13-25-37)38-26-14-5-15-27-38)34-44(39-28-16-6-17-29-39)40-30-18-7-19-31-40;;/h2-31H,32-34H2,1H3;1H;/q;;+1/p+2. The topological polar surface area (TPSA) is 0 Å². The number of benzene rings is 6. The Morgan fingerprint density at radius 3 is 0.652 bits per heavy atom.